The third-order valence-corrected chi connectivity index (χ3v) is 3.04. The van der Waals surface area contributed by atoms with Gasteiger partial charge in [-0.25, -0.2) is 9.69 Å². The van der Waals surface area contributed by atoms with E-state index in [9.17, 15) is 9.59 Å². The number of para-hydroxylation sites is 1. The number of anilines is 2. The second kappa shape index (κ2) is 6.90. The Kier molecular flexibility index (Phi) is 4.95. The molecule has 21 heavy (non-hydrogen) atoms. The fraction of sp³-hybridized carbons (Fsp3) is 0.125. The highest BCUT2D eigenvalue weighted by atomic mass is 35.5. The minimum atomic E-state index is -0.538. The van der Waals surface area contributed by atoms with E-state index in [4.69, 9.17) is 16.3 Å². The first-order valence-electron chi connectivity index (χ1n) is 6.45. The van der Waals surface area contributed by atoms with Crippen LogP contribution in [-0.2, 0) is 4.74 Å². The maximum atomic E-state index is 12.2. The van der Waals surface area contributed by atoms with Gasteiger partial charge in [0.2, 0.25) is 0 Å². The van der Waals surface area contributed by atoms with E-state index in [0.717, 1.165) is 0 Å². The summed E-state index contributed by atoms with van der Waals surface area (Å²) in [5.74, 6) is 0. The van der Waals surface area contributed by atoms with Crippen LogP contribution in [0.5, 0.6) is 0 Å². The molecule has 2 aromatic rings. The zero-order valence-electron chi connectivity index (χ0n) is 11.5. The van der Waals surface area contributed by atoms with Crippen LogP contribution in [0.15, 0.2) is 54.6 Å². The molecule has 0 atom stereocenters. The summed E-state index contributed by atoms with van der Waals surface area (Å²) in [5.41, 5.74) is 1.65. The van der Waals surface area contributed by atoms with Crippen molar-refractivity contribution in [1.82, 2.24) is 0 Å². The number of nitrogens with zero attached hydrogens (tertiary/aromatic N) is 1. The van der Waals surface area contributed by atoms with Crippen molar-refractivity contribution in [2.75, 3.05) is 11.5 Å². The predicted molar refractivity (Wildman–Crippen MR) is 82.2 cm³/mol. The Morgan fingerprint density at radius 1 is 1.00 bits per heavy atom. The van der Waals surface area contributed by atoms with Crippen LogP contribution in [0.4, 0.5) is 16.2 Å². The highest BCUT2D eigenvalue weighted by Crippen LogP contribution is 2.26. The van der Waals surface area contributed by atoms with Crippen molar-refractivity contribution in [2.45, 2.75) is 6.92 Å². The molecule has 5 heteroatoms. The van der Waals surface area contributed by atoms with Gasteiger partial charge in [0.05, 0.1) is 18.0 Å². The minimum Gasteiger partial charge on any atom is -0.449 e. The molecule has 0 fully saturated rings. The third kappa shape index (κ3) is 3.61. The summed E-state index contributed by atoms with van der Waals surface area (Å²) < 4.78 is 5.08. The van der Waals surface area contributed by atoms with E-state index < -0.39 is 11.3 Å². The number of amides is 1. The van der Waals surface area contributed by atoms with Crippen LogP contribution in [-0.4, -0.2) is 17.9 Å². The van der Waals surface area contributed by atoms with Crippen LogP contribution < -0.4 is 4.90 Å². The van der Waals surface area contributed by atoms with Gasteiger partial charge in [-0.1, -0.05) is 18.2 Å². The van der Waals surface area contributed by atoms with Gasteiger partial charge in [-0.05, 0) is 54.9 Å². The largest absolute Gasteiger partial charge is 0.449 e. The molecular weight excluding hydrogens is 290 g/mol. The average molecular weight is 304 g/mol. The van der Waals surface area contributed by atoms with Crippen molar-refractivity contribution < 1.29 is 14.3 Å². The van der Waals surface area contributed by atoms with Crippen LogP contribution in [0.3, 0.4) is 0 Å². The monoisotopic (exact) mass is 303 g/mol. The van der Waals surface area contributed by atoms with E-state index in [2.05, 4.69) is 0 Å². The van der Waals surface area contributed by atoms with E-state index in [0.29, 0.717) is 16.9 Å². The molecular formula is C16H14ClNO3. The van der Waals surface area contributed by atoms with Gasteiger partial charge < -0.3 is 4.74 Å². The van der Waals surface area contributed by atoms with E-state index in [1.54, 1.807) is 43.3 Å². The lowest BCUT2D eigenvalue weighted by atomic mass is 10.2. The van der Waals surface area contributed by atoms with Crippen molar-refractivity contribution in [3.8, 4) is 0 Å². The molecule has 0 heterocycles. The fourth-order valence-corrected chi connectivity index (χ4v) is 1.99. The van der Waals surface area contributed by atoms with Crippen LogP contribution in [0.2, 0.25) is 0 Å². The van der Waals surface area contributed by atoms with E-state index in [-0.39, 0.29) is 6.61 Å². The third-order valence-electron chi connectivity index (χ3n) is 2.82. The van der Waals surface area contributed by atoms with Crippen molar-refractivity contribution >= 4 is 34.3 Å². The number of rotatable bonds is 4. The number of benzene rings is 2. The molecule has 0 spiro atoms. The topological polar surface area (TPSA) is 46.6 Å². The summed E-state index contributed by atoms with van der Waals surface area (Å²) in [6, 6.07) is 15.6. The lowest BCUT2D eigenvalue weighted by molar-refractivity contribution is 0.108. The number of carbonyl (C=O) groups excluding carboxylic acids is 2. The Morgan fingerprint density at radius 2 is 1.57 bits per heavy atom. The second-order valence-corrected chi connectivity index (χ2v) is 4.53. The van der Waals surface area contributed by atoms with Gasteiger partial charge in [-0.15, -0.1) is 0 Å². The molecule has 0 aliphatic heterocycles. The summed E-state index contributed by atoms with van der Waals surface area (Å²) >= 11 is 5.42. The van der Waals surface area contributed by atoms with Crippen molar-refractivity contribution in [2.24, 2.45) is 0 Å². The van der Waals surface area contributed by atoms with Gasteiger partial charge in [-0.2, -0.15) is 0 Å². The first-order chi connectivity index (χ1) is 10.1. The Balaban J connectivity index is 2.40. The lowest BCUT2D eigenvalue weighted by Crippen LogP contribution is -2.26. The van der Waals surface area contributed by atoms with Crippen molar-refractivity contribution in [3.63, 3.8) is 0 Å². The molecule has 2 rings (SSSR count). The standard InChI is InChI=1S/C16H14ClNO3/c1-2-21-16(20)18(13-6-4-3-5-7-13)14-10-8-12(9-11-14)15(17)19/h3-11H,2H2,1H3. The number of ether oxygens (including phenoxy) is 1. The zero-order valence-corrected chi connectivity index (χ0v) is 12.2. The average Bonchev–Trinajstić information content (AvgIpc) is 2.49. The van der Waals surface area contributed by atoms with Gasteiger partial charge in [0.1, 0.15) is 0 Å². The Hall–Kier alpha value is -2.33. The predicted octanol–water partition coefficient (Wildman–Crippen LogP) is 4.36. The summed E-state index contributed by atoms with van der Waals surface area (Å²) in [6.45, 7) is 2.02. The van der Waals surface area contributed by atoms with Crippen LogP contribution in [0.25, 0.3) is 0 Å². The normalized spacial score (nSPS) is 10.0. The number of halogens is 1. The quantitative estimate of drug-likeness (QED) is 0.788. The van der Waals surface area contributed by atoms with E-state index in [1.807, 2.05) is 18.2 Å². The first kappa shape index (κ1) is 15.1. The maximum Gasteiger partial charge on any atom is 0.418 e. The minimum absolute atomic E-state index is 0.278. The molecule has 0 unspecified atom stereocenters. The Morgan fingerprint density at radius 3 is 2.10 bits per heavy atom. The smallest absolute Gasteiger partial charge is 0.418 e. The van der Waals surface area contributed by atoms with E-state index >= 15 is 0 Å². The molecule has 108 valence electrons. The van der Waals surface area contributed by atoms with Crippen LogP contribution >= 0.6 is 11.6 Å². The fourth-order valence-electron chi connectivity index (χ4n) is 1.87. The number of hydrogen-bond donors (Lipinski definition) is 0. The number of hydrogen-bond acceptors (Lipinski definition) is 3. The van der Waals surface area contributed by atoms with Gasteiger partial charge in [0.15, 0.2) is 0 Å². The van der Waals surface area contributed by atoms with E-state index in [1.165, 1.54) is 4.90 Å². The highest BCUT2D eigenvalue weighted by molar-refractivity contribution is 6.67. The first-order valence-corrected chi connectivity index (χ1v) is 6.83. The molecule has 0 aliphatic rings. The molecule has 4 nitrogen and oxygen atoms in total. The molecule has 0 bridgehead atoms. The van der Waals surface area contributed by atoms with Gasteiger partial charge >= 0.3 is 6.09 Å². The second-order valence-electron chi connectivity index (χ2n) is 4.19. The Labute approximate surface area is 127 Å². The van der Waals surface area contributed by atoms with Gasteiger partial charge in [0, 0.05) is 5.56 Å². The van der Waals surface area contributed by atoms with Gasteiger partial charge in [-0.3, -0.25) is 4.79 Å². The summed E-state index contributed by atoms with van der Waals surface area (Å²) in [6.07, 6.45) is -0.478. The zero-order chi connectivity index (χ0) is 15.2. The summed E-state index contributed by atoms with van der Waals surface area (Å²) in [7, 11) is 0. The molecule has 0 radical (unpaired) electrons. The lowest BCUT2D eigenvalue weighted by Gasteiger charge is -2.22. The van der Waals surface area contributed by atoms with Gasteiger partial charge in [0.25, 0.3) is 5.24 Å². The molecule has 0 aliphatic carbocycles. The summed E-state index contributed by atoms with van der Waals surface area (Å²) in [5, 5.41) is -0.538. The molecule has 0 saturated heterocycles. The molecule has 0 aromatic heterocycles. The van der Waals surface area contributed by atoms with Crippen molar-refractivity contribution in [3.05, 3.63) is 60.2 Å². The number of carbonyl (C=O) groups is 2. The Bertz CT molecular complexity index is 626. The molecule has 0 N–H and O–H groups in total. The molecule has 1 amide bonds. The van der Waals surface area contributed by atoms with Crippen LogP contribution in [0.1, 0.15) is 17.3 Å². The van der Waals surface area contributed by atoms with Crippen LogP contribution in [0, 0.1) is 0 Å². The highest BCUT2D eigenvalue weighted by Gasteiger charge is 2.19. The SMILES string of the molecule is CCOC(=O)N(c1ccccc1)c1ccc(C(=O)Cl)cc1. The molecule has 2 aromatic carbocycles. The summed E-state index contributed by atoms with van der Waals surface area (Å²) in [4.78, 5) is 24.7. The molecule has 0 saturated carbocycles. The maximum absolute atomic E-state index is 12.2. The van der Waals surface area contributed by atoms with Crippen molar-refractivity contribution in [1.29, 1.82) is 0 Å².